The number of nitrogens with zero attached hydrogens (tertiary/aromatic N) is 6. The molecule has 2 atom stereocenters. The predicted octanol–water partition coefficient (Wildman–Crippen LogP) is 2.04. The van der Waals surface area contributed by atoms with Gasteiger partial charge in [-0.2, -0.15) is 14.6 Å². The van der Waals surface area contributed by atoms with Gasteiger partial charge in [0.15, 0.2) is 23.3 Å². The molecule has 0 aliphatic rings. The van der Waals surface area contributed by atoms with Crippen LogP contribution in [0.1, 0.15) is 12.5 Å². The van der Waals surface area contributed by atoms with Crippen molar-refractivity contribution >= 4 is 22.6 Å². The number of methoxy groups -OCH3 is 1. The molecule has 0 saturated carbocycles. The number of aliphatic hydroxyl groups excluding tert-OH is 1. The van der Waals surface area contributed by atoms with E-state index in [0.717, 1.165) is 5.56 Å². The fraction of sp³-hybridized carbons (Fsp3) is 0.200. The average molecular weight is 405 g/mol. The van der Waals surface area contributed by atoms with Crippen LogP contribution in [0.5, 0.6) is 0 Å². The summed E-state index contributed by atoms with van der Waals surface area (Å²) in [5.41, 5.74) is 6.75. The van der Waals surface area contributed by atoms with E-state index in [2.05, 4.69) is 20.2 Å². The number of fused-ring (bicyclic) bond motifs is 3. The van der Waals surface area contributed by atoms with Gasteiger partial charge >= 0.3 is 0 Å². The minimum Gasteiger partial charge on any atom is -0.461 e. The van der Waals surface area contributed by atoms with Crippen molar-refractivity contribution < 1.29 is 14.3 Å². The second kappa shape index (κ2) is 6.65. The zero-order valence-corrected chi connectivity index (χ0v) is 16.3. The van der Waals surface area contributed by atoms with Crippen molar-refractivity contribution in [1.29, 1.82) is 0 Å². The fourth-order valence-corrected chi connectivity index (χ4v) is 3.55. The Morgan fingerprint density at radius 2 is 1.93 bits per heavy atom. The number of ether oxygens (including phenoxy) is 1. The van der Waals surface area contributed by atoms with Gasteiger partial charge in [-0.15, -0.1) is 5.10 Å². The van der Waals surface area contributed by atoms with Crippen LogP contribution in [0, 0.1) is 0 Å². The zero-order valence-electron chi connectivity index (χ0n) is 16.3. The molecule has 0 spiro atoms. The van der Waals surface area contributed by atoms with Crippen LogP contribution in [0.15, 0.2) is 59.3 Å². The Morgan fingerprint density at radius 1 is 1.13 bits per heavy atom. The average Bonchev–Trinajstić information content (AvgIpc) is 3.51. The van der Waals surface area contributed by atoms with Crippen molar-refractivity contribution in [2.24, 2.45) is 0 Å². The molecule has 10 heteroatoms. The fourth-order valence-electron chi connectivity index (χ4n) is 3.55. The van der Waals surface area contributed by atoms with E-state index in [4.69, 9.17) is 14.9 Å². The largest absolute Gasteiger partial charge is 0.461 e. The van der Waals surface area contributed by atoms with E-state index in [1.54, 1.807) is 29.3 Å². The number of hydrogen-bond acceptors (Lipinski definition) is 8. The number of aliphatic hydroxyl groups is 1. The summed E-state index contributed by atoms with van der Waals surface area (Å²) in [6.07, 6.45) is 2.14. The van der Waals surface area contributed by atoms with Crippen molar-refractivity contribution in [2.45, 2.75) is 18.8 Å². The lowest BCUT2D eigenvalue weighted by molar-refractivity contribution is -0.133. The molecule has 4 aromatic heterocycles. The first-order valence-electron chi connectivity index (χ1n) is 9.24. The Balaban J connectivity index is 1.75. The van der Waals surface area contributed by atoms with E-state index in [9.17, 15) is 5.11 Å². The molecular formula is C20H19N7O3. The van der Waals surface area contributed by atoms with Gasteiger partial charge in [0.1, 0.15) is 5.54 Å². The predicted molar refractivity (Wildman–Crippen MR) is 108 cm³/mol. The lowest BCUT2D eigenvalue weighted by atomic mass is 9.91. The molecule has 152 valence electrons. The number of benzene rings is 1. The quantitative estimate of drug-likeness (QED) is 0.425. The summed E-state index contributed by atoms with van der Waals surface area (Å²) in [5, 5.41) is 20.4. The summed E-state index contributed by atoms with van der Waals surface area (Å²) in [5.74, 6) is 1.04. The summed E-state index contributed by atoms with van der Waals surface area (Å²) in [4.78, 5) is 8.93. The van der Waals surface area contributed by atoms with Gasteiger partial charge in [0.05, 0.1) is 11.6 Å². The molecule has 0 aliphatic heterocycles. The Hall–Kier alpha value is -3.76. The summed E-state index contributed by atoms with van der Waals surface area (Å²) >= 11 is 0. The van der Waals surface area contributed by atoms with E-state index >= 15 is 0 Å². The normalized spacial score (nSPS) is 14.9. The SMILES string of the molecule is COC(O)C(C)(c1ccccc1)n1cc2c(nc(N)n3nc(-c4ccco4)nc23)n1. The first-order chi connectivity index (χ1) is 14.5. The molecule has 0 radical (unpaired) electrons. The summed E-state index contributed by atoms with van der Waals surface area (Å²) in [7, 11) is 1.44. The van der Waals surface area contributed by atoms with Crippen LogP contribution in [0.25, 0.3) is 28.3 Å². The van der Waals surface area contributed by atoms with Crippen LogP contribution in [-0.4, -0.2) is 47.9 Å². The third kappa shape index (κ3) is 2.58. The number of hydrogen-bond donors (Lipinski definition) is 2. The second-order valence-electron chi connectivity index (χ2n) is 7.03. The van der Waals surface area contributed by atoms with E-state index in [0.29, 0.717) is 28.3 Å². The highest BCUT2D eigenvalue weighted by molar-refractivity contribution is 5.90. The van der Waals surface area contributed by atoms with Gasteiger partial charge in [0.25, 0.3) is 0 Å². The van der Waals surface area contributed by atoms with Crippen LogP contribution in [-0.2, 0) is 10.3 Å². The van der Waals surface area contributed by atoms with Gasteiger partial charge in [-0.1, -0.05) is 30.3 Å². The molecule has 0 saturated heterocycles. The molecule has 10 nitrogen and oxygen atoms in total. The maximum atomic E-state index is 10.7. The molecule has 0 bridgehead atoms. The lowest BCUT2D eigenvalue weighted by Crippen LogP contribution is -2.44. The van der Waals surface area contributed by atoms with E-state index in [-0.39, 0.29) is 5.95 Å². The number of anilines is 1. The van der Waals surface area contributed by atoms with Crippen molar-refractivity contribution in [2.75, 3.05) is 12.8 Å². The smallest absolute Gasteiger partial charge is 0.225 e. The van der Waals surface area contributed by atoms with Gasteiger partial charge in [-0.3, -0.25) is 4.68 Å². The molecule has 1 aromatic carbocycles. The minimum atomic E-state index is -1.17. The molecule has 5 rings (SSSR count). The monoisotopic (exact) mass is 405 g/mol. The summed E-state index contributed by atoms with van der Waals surface area (Å²) in [6, 6.07) is 13.0. The highest BCUT2D eigenvalue weighted by Crippen LogP contribution is 2.32. The molecule has 2 unspecified atom stereocenters. The Bertz CT molecular complexity index is 1330. The van der Waals surface area contributed by atoms with Gasteiger partial charge in [-0.25, -0.2) is 4.98 Å². The Morgan fingerprint density at radius 3 is 2.63 bits per heavy atom. The Labute approximate surface area is 170 Å². The highest BCUT2D eigenvalue weighted by atomic mass is 16.6. The number of rotatable bonds is 5. The van der Waals surface area contributed by atoms with Crippen LogP contribution < -0.4 is 5.73 Å². The summed E-state index contributed by atoms with van der Waals surface area (Å²) < 4.78 is 13.7. The van der Waals surface area contributed by atoms with E-state index < -0.39 is 11.8 Å². The van der Waals surface area contributed by atoms with Gasteiger partial charge in [-0.05, 0) is 24.6 Å². The lowest BCUT2D eigenvalue weighted by Gasteiger charge is -2.34. The second-order valence-corrected chi connectivity index (χ2v) is 7.03. The molecule has 0 amide bonds. The van der Waals surface area contributed by atoms with Gasteiger partial charge < -0.3 is 20.0 Å². The van der Waals surface area contributed by atoms with Crippen molar-refractivity contribution in [3.05, 3.63) is 60.5 Å². The first-order valence-corrected chi connectivity index (χ1v) is 9.24. The molecule has 0 aliphatic carbocycles. The van der Waals surface area contributed by atoms with Crippen molar-refractivity contribution in [1.82, 2.24) is 29.4 Å². The molecule has 30 heavy (non-hydrogen) atoms. The van der Waals surface area contributed by atoms with Crippen LogP contribution in [0.4, 0.5) is 5.95 Å². The Kier molecular flexibility index (Phi) is 4.05. The third-order valence-corrected chi connectivity index (χ3v) is 5.26. The molecule has 5 aromatic rings. The number of nitrogen functional groups attached to an aromatic ring is 1. The highest BCUT2D eigenvalue weighted by Gasteiger charge is 2.39. The van der Waals surface area contributed by atoms with Gasteiger partial charge in [0.2, 0.25) is 11.8 Å². The summed E-state index contributed by atoms with van der Waals surface area (Å²) in [6.45, 7) is 1.83. The molecule has 4 heterocycles. The number of nitrogens with two attached hydrogens (primary N) is 1. The molecule has 3 N–H and O–H groups in total. The van der Waals surface area contributed by atoms with Crippen molar-refractivity contribution in [3.63, 3.8) is 0 Å². The molecule has 0 fully saturated rings. The minimum absolute atomic E-state index is 0.141. The van der Waals surface area contributed by atoms with Crippen molar-refractivity contribution in [3.8, 4) is 11.6 Å². The maximum absolute atomic E-state index is 10.7. The van der Waals surface area contributed by atoms with Crippen LogP contribution in [0.2, 0.25) is 0 Å². The van der Waals surface area contributed by atoms with Crippen LogP contribution in [0.3, 0.4) is 0 Å². The van der Waals surface area contributed by atoms with Crippen LogP contribution >= 0.6 is 0 Å². The topological polar surface area (TPSA) is 130 Å². The van der Waals surface area contributed by atoms with Gasteiger partial charge in [0, 0.05) is 13.3 Å². The molecular weight excluding hydrogens is 386 g/mol. The standard InChI is InChI=1S/C20H19N7O3/c1-20(18(28)29-2,12-7-4-3-5-8-12)26-11-13-15(24-26)23-19(21)27-17(13)22-16(25-27)14-9-6-10-30-14/h3-11,18,28H,1-2H3,(H2,21,23,24). The maximum Gasteiger partial charge on any atom is 0.225 e. The van der Waals surface area contributed by atoms with E-state index in [1.165, 1.54) is 11.6 Å². The third-order valence-electron chi connectivity index (χ3n) is 5.26. The zero-order chi connectivity index (χ0) is 20.9. The first kappa shape index (κ1) is 18.3. The number of furan rings is 1. The number of aromatic nitrogens is 6. The van der Waals surface area contributed by atoms with E-state index in [1.807, 2.05) is 37.3 Å².